The molecule has 0 radical (unpaired) electrons. The van der Waals surface area contributed by atoms with E-state index in [1.54, 1.807) is 7.11 Å². The maximum absolute atomic E-state index is 9.43. The van der Waals surface area contributed by atoms with Crippen molar-refractivity contribution in [2.75, 3.05) is 19.2 Å². The number of methoxy groups -OCH3 is 1. The summed E-state index contributed by atoms with van der Waals surface area (Å²) in [6.07, 6.45) is 0. The van der Waals surface area contributed by atoms with Crippen molar-refractivity contribution in [3.63, 3.8) is 0 Å². The zero-order chi connectivity index (χ0) is 14.7. The van der Waals surface area contributed by atoms with E-state index < -0.39 is 6.04 Å². The van der Waals surface area contributed by atoms with E-state index in [1.807, 2.05) is 42.5 Å². The topological polar surface area (TPSA) is 63.5 Å². The molecule has 1 heterocycles. The van der Waals surface area contributed by atoms with Gasteiger partial charge in [0.05, 0.1) is 18.9 Å². The van der Waals surface area contributed by atoms with Crippen LogP contribution in [0.4, 0.5) is 5.69 Å². The summed E-state index contributed by atoms with van der Waals surface area (Å²) in [7, 11) is 1.60. The summed E-state index contributed by atoms with van der Waals surface area (Å²) in [5, 5.41) is 12.6. The van der Waals surface area contributed by atoms with Gasteiger partial charge in [-0.05, 0) is 29.8 Å². The van der Waals surface area contributed by atoms with E-state index >= 15 is 0 Å². The number of rotatable bonds is 4. The molecule has 1 atom stereocenters. The van der Waals surface area contributed by atoms with Crippen LogP contribution in [0.15, 0.2) is 42.5 Å². The van der Waals surface area contributed by atoms with Gasteiger partial charge >= 0.3 is 0 Å². The van der Waals surface area contributed by atoms with Gasteiger partial charge in [-0.25, -0.2) is 0 Å². The molecule has 0 spiro atoms. The van der Waals surface area contributed by atoms with Gasteiger partial charge in [-0.15, -0.1) is 0 Å². The first-order valence-corrected chi connectivity index (χ1v) is 6.50. The molecule has 2 aromatic carbocycles. The third-order valence-corrected chi connectivity index (χ3v) is 3.27. The highest BCUT2D eigenvalue weighted by atomic mass is 16.7. The third-order valence-electron chi connectivity index (χ3n) is 3.27. The van der Waals surface area contributed by atoms with Crippen molar-refractivity contribution in [1.82, 2.24) is 0 Å². The van der Waals surface area contributed by atoms with Crippen LogP contribution in [-0.4, -0.2) is 13.9 Å². The van der Waals surface area contributed by atoms with Gasteiger partial charge in [0.25, 0.3) is 0 Å². The number of para-hydroxylation sites is 2. The largest absolute Gasteiger partial charge is 0.495 e. The Labute approximate surface area is 122 Å². The summed E-state index contributed by atoms with van der Waals surface area (Å²) < 4.78 is 15.9. The lowest BCUT2D eigenvalue weighted by atomic mass is 10.1. The van der Waals surface area contributed by atoms with Crippen molar-refractivity contribution < 1.29 is 14.2 Å². The molecule has 0 amide bonds. The van der Waals surface area contributed by atoms with Crippen molar-refractivity contribution in [1.29, 1.82) is 5.26 Å². The quantitative estimate of drug-likeness (QED) is 0.933. The molecule has 0 saturated carbocycles. The Bertz CT molecular complexity index is 694. The Hall–Kier alpha value is -2.87. The molecular weight excluding hydrogens is 268 g/mol. The van der Waals surface area contributed by atoms with Crippen molar-refractivity contribution in [3.05, 3.63) is 48.0 Å². The van der Waals surface area contributed by atoms with Crippen molar-refractivity contribution >= 4 is 5.69 Å². The van der Waals surface area contributed by atoms with E-state index in [2.05, 4.69) is 11.4 Å². The lowest BCUT2D eigenvalue weighted by molar-refractivity contribution is 0.174. The fourth-order valence-corrected chi connectivity index (χ4v) is 2.20. The van der Waals surface area contributed by atoms with Crippen LogP contribution in [0.1, 0.15) is 11.6 Å². The first-order valence-electron chi connectivity index (χ1n) is 6.50. The number of nitrogens with zero attached hydrogens (tertiary/aromatic N) is 1. The fraction of sp³-hybridized carbons (Fsp3) is 0.188. The molecule has 3 rings (SSSR count). The Kier molecular flexibility index (Phi) is 3.52. The zero-order valence-electron chi connectivity index (χ0n) is 11.5. The van der Waals surface area contributed by atoms with Crippen LogP contribution in [0.2, 0.25) is 0 Å². The predicted molar refractivity (Wildman–Crippen MR) is 77.5 cm³/mol. The summed E-state index contributed by atoms with van der Waals surface area (Å²) in [5.74, 6) is 2.06. The van der Waals surface area contributed by atoms with Crippen LogP contribution in [0.3, 0.4) is 0 Å². The van der Waals surface area contributed by atoms with Crippen LogP contribution in [-0.2, 0) is 0 Å². The Morgan fingerprint density at radius 2 is 2.00 bits per heavy atom. The lowest BCUT2D eigenvalue weighted by Crippen LogP contribution is -2.09. The third kappa shape index (κ3) is 2.56. The van der Waals surface area contributed by atoms with Gasteiger partial charge in [-0.1, -0.05) is 18.2 Å². The van der Waals surface area contributed by atoms with Crippen LogP contribution in [0.5, 0.6) is 17.2 Å². The number of fused-ring (bicyclic) bond motifs is 1. The van der Waals surface area contributed by atoms with Gasteiger partial charge in [0, 0.05) is 0 Å². The first-order chi connectivity index (χ1) is 10.3. The van der Waals surface area contributed by atoms with Crippen LogP contribution in [0, 0.1) is 11.3 Å². The van der Waals surface area contributed by atoms with Crippen LogP contribution < -0.4 is 19.5 Å². The summed E-state index contributed by atoms with van der Waals surface area (Å²) >= 11 is 0. The van der Waals surface area contributed by atoms with Gasteiger partial charge in [0.1, 0.15) is 11.8 Å². The highest BCUT2D eigenvalue weighted by Gasteiger charge is 2.18. The van der Waals surface area contributed by atoms with E-state index in [0.29, 0.717) is 17.2 Å². The predicted octanol–water partition coefficient (Wildman–Crippen LogP) is 3.10. The summed E-state index contributed by atoms with van der Waals surface area (Å²) in [5.41, 5.74) is 1.58. The lowest BCUT2D eigenvalue weighted by Gasteiger charge is -2.16. The molecule has 1 unspecified atom stereocenters. The Balaban J connectivity index is 1.87. The minimum atomic E-state index is -0.504. The van der Waals surface area contributed by atoms with Gasteiger partial charge in [-0.3, -0.25) is 0 Å². The Morgan fingerprint density at radius 3 is 2.81 bits per heavy atom. The highest BCUT2D eigenvalue weighted by Crippen LogP contribution is 2.35. The second kappa shape index (κ2) is 5.63. The Morgan fingerprint density at radius 1 is 1.19 bits per heavy atom. The van der Waals surface area contributed by atoms with E-state index in [9.17, 15) is 5.26 Å². The highest BCUT2D eigenvalue weighted by molar-refractivity contribution is 5.59. The first kappa shape index (κ1) is 13.1. The molecule has 21 heavy (non-hydrogen) atoms. The van der Waals surface area contributed by atoms with Crippen LogP contribution >= 0.6 is 0 Å². The number of anilines is 1. The molecule has 1 N–H and O–H groups in total. The van der Waals surface area contributed by atoms with E-state index in [4.69, 9.17) is 14.2 Å². The molecule has 0 saturated heterocycles. The average molecular weight is 282 g/mol. The van der Waals surface area contributed by atoms with Crippen molar-refractivity contribution in [2.45, 2.75) is 6.04 Å². The molecule has 1 aliphatic rings. The molecule has 5 nitrogen and oxygen atoms in total. The van der Waals surface area contributed by atoms with Gasteiger partial charge in [0.15, 0.2) is 11.5 Å². The summed E-state index contributed by atoms with van der Waals surface area (Å²) in [6, 6.07) is 14.7. The summed E-state index contributed by atoms with van der Waals surface area (Å²) in [4.78, 5) is 0. The zero-order valence-corrected chi connectivity index (χ0v) is 11.5. The molecule has 5 heteroatoms. The second-order valence-electron chi connectivity index (χ2n) is 4.52. The fourth-order valence-electron chi connectivity index (χ4n) is 2.20. The smallest absolute Gasteiger partial charge is 0.231 e. The number of hydrogen-bond donors (Lipinski definition) is 1. The molecule has 106 valence electrons. The molecular formula is C16H14N2O3. The maximum Gasteiger partial charge on any atom is 0.231 e. The second-order valence-corrected chi connectivity index (χ2v) is 4.52. The number of hydrogen-bond acceptors (Lipinski definition) is 5. The van der Waals surface area contributed by atoms with Gasteiger partial charge in [0.2, 0.25) is 6.79 Å². The number of nitrogens with one attached hydrogen (secondary N) is 1. The average Bonchev–Trinajstić information content (AvgIpc) is 3.00. The molecule has 2 aromatic rings. The number of benzene rings is 2. The maximum atomic E-state index is 9.43. The monoisotopic (exact) mass is 282 g/mol. The van der Waals surface area contributed by atoms with Gasteiger partial charge < -0.3 is 19.5 Å². The van der Waals surface area contributed by atoms with Crippen molar-refractivity contribution in [3.8, 4) is 23.3 Å². The SMILES string of the molecule is COc1ccccc1NC(C#N)c1ccc2c(c1)OCO2. The van der Waals surface area contributed by atoms with Crippen molar-refractivity contribution in [2.24, 2.45) is 0 Å². The number of nitriles is 1. The standard InChI is InChI=1S/C16H14N2O3/c1-19-14-5-3-2-4-12(14)18-13(9-17)11-6-7-15-16(8-11)21-10-20-15/h2-8,13,18H,10H2,1H3. The molecule has 1 aliphatic heterocycles. The van der Waals surface area contributed by atoms with Crippen LogP contribution in [0.25, 0.3) is 0 Å². The van der Waals surface area contributed by atoms with Gasteiger partial charge in [-0.2, -0.15) is 5.26 Å². The van der Waals surface area contributed by atoms with E-state index in [0.717, 1.165) is 11.3 Å². The normalized spacial score (nSPS) is 13.3. The number of ether oxygens (including phenoxy) is 3. The minimum absolute atomic E-state index is 0.218. The molecule has 0 aromatic heterocycles. The molecule has 0 aliphatic carbocycles. The van der Waals surface area contributed by atoms with E-state index in [-0.39, 0.29) is 6.79 Å². The molecule has 0 bridgehead atoms. The van der Waals surface area contributed by atoms with E-state index in [1.165, 1.54) is 0 Å². The minimum Gasteiger partial charge on any atom is -0.495 e. The molecule has 0 fully saturated rings. The summed E-state index contributed by atoms with van der Waals surface area (Å²) in [6.45, 7) is 0.218.